The lowest BCUT2D eigenvalue weighted by Crippen LogP contribution is -2.14. The lowest BCUT2D eigenvalue weighted by Gasteiger charge is -2.12. The predicted molar refractivity (Wildman–Crippen MR) is 87.0 cm³/mol. The van der Waals surface area contributed by atoms with Gasteiger partial charge in [0.2, 0.25) is 0 Å². The van der Waals surface area contributed by atoms with Crippen molar-refractivity contribution in [2.75, 3.05) is 6.54 Å². The Morgan fingerprint density at radius 1 is 1.10 bits per heavy atom. The molecular formula is C17H20BrNO. The molecule has 2 aromatic carbocycles. The van der Waals surface area contributed by atoms with Gasteiger partial charge in [0.05, 0.1) is 4.47 Å². The van der Waals surface area contributed by atoms with E-state index in [-0.39, 0.29) is 0 Å². The Balaban J connectivity index is 2.06. The van der Waals surface area contributed by atoms with Gasteiger partial charge in [0.25, 0.3) is 0 Å². The number of benzene rings is 2. The van der Waals surface area contributed by atoms with E-state index in [1.165, 1.54) is 16.7 Å². The van der Waals surface area contributed by atoms with Gasteiger partial charge in [-0.15, -0.1) is 0 Å². The second-order valence-corrected chi connectivity index (χ2v) is 5.63. The molecule has 0 amide bonds. The summed E-state index contributed by atoms with van der Waals surface area (Å²) in [6.45, 7) is 6.62. The van der Waals surface area contributed by atoms with Gasteiger partial charge in [-0.2, -0.15) is 0 Å². The van der Waals surface area contributed by atoms with Crippen molar-refractivity contribution in [3.63, 3.8) is 0 Å². The molecule has 0 aliphatic rings. The lowest BCUT2D eigenvalue weighted by atomic mass is 10.1. The first-order valence-corrected chi connectivity index (χ1v) is 7.66. The molecule has 0 aromatic heterocycles. The minimum absolute atomic E-state index is 0.587. The van der Waals surface area contributed by atoms with E-state index in [0.29, 0.717) is 6.61 Å². The maximum atomic E-state index is 5.92. The minimum Gasteiger partial charge on any atom is -0.488 e. The topological polar surface area (TPSA) is 21.3 Å². The van der Waals surface area contributed by atoms with Crippen LogP contribution in [0.25, 0.3) is 0 Å². The van der Waals surface area contributed by atoms with Crippen LogP contribution in [-0.2, 0) is 13.2 Å². The maximum absolute atomic E-state index is 5.92. The van der Waals surface area contributed by atoms with Gasteiger partial charge in [-0.05, 0) is 58.2 Å². The van der Waals surface area contributed by atoms with Crippen LogP contribution in [0.4, 0.5) is 0 Å². The van der Waals surface area contributed by atoms with Gasteiger partial charge in [-0.1, -0.05) is 37.3 Å². The number of hydrogen-bond acceptors (Lipinski definition) is 2. The Hall–Kier alpha value is -1.32. The normalized spacial score (nSPS) is 10.6. The highest BCUT2D eigenvalue weighted by Gasteiger charge is 2.05. The molecule has 0 saturated carbocycles. The van der Waals surface area contributed by atoms with Gasteiger partial charge in [-0.25, -0.2) is 0 Å². The van der Waals surface area contributed by atoms with Crippen LogP contribution in [0.15, 0.2) is 46.9 Å². The van der Waals surface area contributed by atoms with Crippen molar-refractivity contribution in [3.05, 3.63) is 63.6 Å². The molecule has 0 atom stereocenters. The zero-order chi connectivity index (χ0) is 14.4. The van der Waals surface area contributed by atoms with Gasteiger partial charge < -0.3 is 10.1 Å². The molecule has 106 valence electrons. The molecule has 2 nitrogen and oxygen atoms in total. The summed E-state index contributed by atoms with van der Waals surface area (Å²) in [4.78, 5) is 0. The van der Waals surface area contributed by atoms with Gasteiger partial charge >= 0.3 is 0 Å². The van der Waals surface area contributed by atoms with Gasteiger partial charge in [0.15, 0.2) is 0 Å². The van der Waals surface area contributed by atoms with Gasteiger partial charge in [0.1, 0.15) is 12.4 Å². The highest BCUT2D eigenvalue weighted by atomic mass is 79.9. The minimum atomic E-state index is 0.587. The summed E-state index contributed by atoms with van der Waals surface area (Å²) in [5, 5.41) is 3.36. The second-order valence-electron chi connectivity index (χ2n) is 4.77. The standard InChI is InChI=1S/C17H20BrNO/c1-3-19-11-14-6-4-5-7-15(14)12-20-17-9-8-13(2)10-16(17)18/h4-10,19H,3,11-12H2,1-2H3. The van der Waals surface area contributed by atoms with Gasteiger partial charge in [0, 0.05) is 6.54 Å². The second kappa shape index (κ2) is 7.46. The molecule has 0 unspecified atom stereocenters. The van der Waals surface area contributed by atoms with E-state index in [9.17, 15) is 0 Å². The highest BCUT2D eigenvalue weighted by Crippen LogP contribution is 2.26. The number of halogens is 1. The fourth-order valence-corrected chi connectivity index (χ4v) is 2.62. The van der Waals surface area contributed by atoms with Crippen LogP contribution in [0.3, 0.4) is 0 Å². The fourth-order valence-electron chi connectivity index (χ4n) is 2.01. The van der Waals surface area contributed by atoms with E-state index >= 15 is 0 Å². The molecule has 20 heavy (non-hydrogen) atoms. The SMILES string of the molecule is CCNCc1ccccc1COc1ccc(C)cc1Br. The van der Waals surface area contributed by atoms with Crippen molar-refractivity contribution in [1.82, 2.24) is 5.32 Å². The summed E-state index contributed by atoms with van der Waals surface area (Å²) in [6, 6.07) is 14.5. The van der Waals surface area contributed by atoms with E-state index in [4.69, 9.17) is 4.74 Å². The lowest BCUT2D eigenvalue weighted by molar-refractivity contribution is 0.302. The number of hydrogen-bond donors (Lipinski definition) is 1. The highest BCUT2D eigenvalue weighted by molar-refractivity contribution is 9.10. The molecule has 2 aromatic rings. The molecule has 0 aliphatic carbocycles. The van der Waals surface area contributed by atoms with Crippen LogP contribution in [0.5, 0.6) is 5.75 Å². The Morgan fingerprint density at radius 2 is 1.85 bits per heavy atom. The number of rotatable bonds is 6. The molecule has 3 heteroatoms. The Kier molecular flexibility index (Phi) is 5.62. The zero-order valence-electron chi connectivity index (χ0n) is 11.9. The molecule has 0 saturated heterocycles. The smallest absolute Gasteiger partial charge is 0.134 e. The monoisotopic (exact) mass is 333 g/mol. The van der Waals surface area contributed by atoms with Crippen LogP contribution in [0.2, 0.25) is 0 Å². The maximum Gasteiger partial charge on any atom is 0.134 e. The molecule has 0 heterocycles. The summed E-state index contributed by atoms with van der Waals surface area (Å²) in [7, 11) is 0. The van der Waals surface area contributed by atoms with Gasteiger partial charge in [-0.3, -0.25) is 0 Å². The summed E-state index contributed by atoms with van der Waals surface area (Å²) in [6.07, 6.45) is 0. The average Bonchev–Trinajstić information content (AvgIpc) is 2.45. The third kappa shape index (κ3) is 4.09. The number of aryl methyl sites for hydroxylation is 1. The van der Waals surface area contributed by atoms with Crippen LogP contribution >= 0.6 is 15.9 Å². The average molecular weight is 334 g/mol. The van der Waals surface area contributed by atoms with Crippen LogP contribution in [-0.4, -0.2) is 6.54 Å². The predicted octanol–water partition coefficient (Wildman–Crippen LogP) is 4.45. The Labute approximate surface area is 129 Å². The van der Waals surface area contributed by atoms with Crippen molar-refractivity contribution in [3.8, 4) is 5.75 Å². The van der Waals surface area contributed by atoms with Crippen molar-refractivity contribution >= 4 is 15.9 Å². The van der Waals surface area contributed by atoms with E-state index in [2.05, 4.69) is 71.5 Å². The Bertz CT molecular complexity index is 569. The quantitative estimate of drug-likeness (QED) is 0.843. The number of ether oxygens (including phenoxy) is 1. The number of nitrogens with one attached hydrogen (secondary N) is 1. The van der Waals surface area contributed by atoms with Crippen molar-refractivity contribution in [2.45, 2.75) is 27.0 Å². The van der Waals surface area contributed by atoms with E-state index < -0.39 is 0 Å². The molecule has 2 rings (SSSR count). The molecule has 0 spiro atoms. The van der Waals surface area contributed by atoms with E-state index in [0.717, 1.165) is 23.3 Å². The van der Waals surface area contributed by atoms with Crippen molar-refractivity contribution < 1.29 is 4.74 Å². The van der Waals surface area contributed by atoms with Crippen molar-refractivity contribution in [1.29, 1.82) is 0 Å². The third-order valence-corrected chi connectivity index (χ3v) is 3.77. The zero-order valence-corrected chi connectivity index (χ0v) is 13.5. The van der Waals surface area contributed by atoms with Crippen LogP contribution in [0.1, 0.15) is 23.6 Å². The fraction of sp³-hybridized carbons (Fsp3) is 0.294. The van der Waals surface area contributed by atoms with Crippen LogP contribution in [0, 0.1) is 6.92 Å². The molecular weight excluding hydrogens is 314 g/mol. The summed E-state index contributed by atoms with van der Waals surface area (Å²) in [5.74, 6) is 0.883. The molecule has 0 aliphatic heterocycles. The summed E-state index contributed by atoms with van der Waals surface area (Å²) in [5.41, 5.74) is 3.73. The summed E-state index contributed by atoms with van der Waals surface area (Å²) >= 11 is 3.54. The van der Waals surface area contributed by atoms with Crippen molar-refractivity contribution in [2.24, 2.45) is 0 Å². The van der Waals surface area contributed by atoms with E-state index in [1.807, 2.05) is 6.07 Å². The summed E-state index contributed by atoms with van der Waals surface area (Å²) < 4.78 is 6.93. The molecule has 0 radical (unpaired) electrons. The first-order valence-electron chi connectivity index (χ1n) is 6.87. The first kappa shape index (κ1) is 15.1. The molecule has 0 fully saturated rings. The Morgan fingerprint density at radius 3 is 2.55 bits per heavy atom. The van der Waals surface area contributed by atoms with Crippen LogP contribution < -0.4 is 10.1 Å². The van der Waals surface area contributed by atoms with E-state index in [1.54, 1.807) is 0 Å². The molecule has 0 bridgehead atoms. The third-order valence-electron chi connectivity index (χ3n) is 3.15. The molecule has 1 N–H and O–H groups in total. The first-order chi connectivity index (χ1) is 9.70. The largest absolute Gasteiger partial charge is 0.488 e.